The molecule has 4 aliphatic rings. The zero-order valence-electron chi connectivity index (χ0n) is 22.3. The van der Waals surface area contributed by atoms with Crippen molar-refractivity contribution in [2.75, 3.05) is 29.8 Å². The smallest absolute Gasteiger partial charge is 1.00 e. The van der Waals surface area contributed by atoms with E-state index in [1.54, 1.807) is 6.20 Å². The topological polar surface area (TPSA) is 99.6 Å². The molecular weight excluding hydrogens is 487 g/mol. The Morgan fingerprint density at radius 3 is 2.31 bits per heavy atom. The molecule has 190 valence electrons. The van der Waals surface area contributed by atoms with Crippen LogP contribution in [-0.2, 0) is 35.9 Å². The van der Waals surface area contributed by atoms with Crippen molar-refractivity contribution in [2.24, 2.45) is 0 Å². The quantitative estimate of drug-likeness (QED) is 0.531. The van der Waals surface area contributed by atoms with E-state index < -0.39 is 16.2 Å². The van der Waals surface area contributed by atoms with Crippen LogP contribution in [0.5, 0.6) is 0 Å². The Kier molecular flexibility index (Phi) is 7.44. The number of carbonyl (C=O) groups is 1. The van der Waals surface area contributed by atoms with E-state index in [1.165, 1.54) is 26.6 Å². The van der Waals surface area contributed by atoms with Crippen molar-refractivity contribution in [2.45, 2.75) is 76.3 Å². The molecule has 1 saturated heterocycles. The Bertz CT molecular complexity index is 1230. The fourth-order valence-corrected chi connectivity index (χ4v) is 7.39. The number of amides is 2. The van der Waals surface area contributed by atoms with Crippen molar-refractivity contribution in [1.82, 2.24) is 19.4 Å². The van der Waals surface area contributed by atoms with Crippen molar-refractivity contribution in [3.8, 4) is 0 Å². The van der Waals surface area contributed by atoms with Gasteiger partial charge in [-0.1, -0.05) is 6.07 Å². The summed E-state index contributed by atoms with van der Waals surface area (Å²) in [5, 5.41) is 7.38. The van der Waals surface area contributed by atoms with Gasteiger partial charge in [-0.3, -0.25) is 4.68 Å². The molecule has 9 nitrogen and oxygen atoms in total. The minimum Gasteiger partial charge on any atom is -1.00 e. The van der Waals surface area contributed by atoms with Gasteiger partial charge in [-0.15, -0.1) is 0 Å². The minimum absolute atomic E-state index is 0. The molecule has 1 aromatic carbocycles. The van der Waals surface area contributed by atoms with Crippen LogP contribution in [-0.4, -0.2) is 55.3 Å². The third-order valence-electron chi connectivity index (χ3n) is 7.98. The number of nitrogens with one attached hydrogen (secondary N) is 2. The second-order valence-corrected chi connectivity index (χ2v) is 12.1. The number of rotatable bonds is 6. The molecule has 0 radical (unpaired) electrons. The zero-order valence-corrected chi connectivity index (χ0v) is 24.1. The standard InChI is InChI=1S/C25H34N6O3S.Na.H/c1-29-12-10-20(11-13-29)31(21-15-26-30(16-21)19-8-9-19)35(33,34)28-25(32)27-24-22-6-2-4-17(22)14-18-5-3-7-23(18)24;;/h14-16,19-20H,2-13H2,1H3,(H2,27,28,32);;/q;+1;-1. The Balaban J connectivity index is 0.00000160. The maximum Gasteiger partial charge on any atom is 1.00 e. The van der Waals surface area contributed by atoms with Gasteiger partial charge in [0, 0.05) is 17.9 Å². The van der Waals surface area contributed by atoms with E-state index in [0.29, 0.717) is 24.6 Å². The number of likely N-dealkylation sites (tertiary alicyclic amines) is 1. The van der Waals surface area contributed by atoms with E-state index in [9.17, 15) is 13.2 Å². The van der Waals surface area contributed by atoms with Crippen LogP contribution in [0.3, 0.4) is 0 Å². The number of hydrogen-bond donors (Lipinski definition) is 2. The van der Waals surface area contributed by atoms with Crippen LogP contribution >= 0.6 is 0 Å². The summed E-state index contributed by atoms with van der Waals surface area (Å²) < 4.78 is 32.9. The maximum atomic E-state index is 13.7. The van der Waals surface area contributed by atoms with Crippen LogP contribution in [0, 0.1) is 0 Å². The molecule has 0 atom stereocenters. The van der Waals surface area contributed by atoms with Gasteiger partial charge in [-0.05, 0) is 107 Å². The number of anilines is 2. The molecule has 1 aromatic heterocycles. The summed E-state index contributed by atoms with van der Waals surface area (Å²) in [5.41, 5.74) is 6.31. The molecule has 2 fully saturated rings. The molecule has 6 rings (SSSR count). The first kappa shape index (κ1) is 26.0. The first-order chi connectivity index (χ1) is 16.9. The monoisotopic (exact) mass is 522 g/mol. The summed E-state index contributed by atoms with van der Waals surface area (Å²) >= 11 is 0. The molecule has 3 aliphatic carbocycles. The molecule has 1 saturated carbocycles. The van der Waals surface area contributed by atoms with Crippen LogP contribution < -0.4 is 43.9 Å². The Morgan fingerprint density at radius 2 is 1.69 bits per heavy atom. The summed E-state index contributed by atoms with van der Waals surface area (Å²) in [7, 11) is -2.09. The second kappa shape index (κ2) is 10.3. The molecule has 1 aliphatic heterocycles. The van der Waals surface area contributed by atoms with Crippen molar-refractivity contribution in [1.29, 1.82) is 0 Å². The van der Waals surface area contributed by atoms with Gasteiger partial charge < -0.3 is 11.6 Å². The average molecular weight is 523 g/mol. The molecule has 36 heavy (non-hydrogen) atoms. The summed E-state index contributed by atoms with van der Waals surface area (Å²) in [6.07, 6.45) is 13.0. The van der Waals surface area contributed by atoms with Gasteiger partial charge in [0.05, 0.1) is 17.9 Å². The van der Waals surface area contributed by atoms with Crippen LogP contribution in [0.1, 0.15) is 68.2 Å². The largest absolute Gasteiger partial charge is 1.00 e. The fourth-order valence-electron chi connectivity index (χ4n) is 6.03. The first-order valence-corrected chi connectivity index (χ1v) is 14.4. The Morgan fingerprint density at radius 1 is 1.06 bits per heavy atom. The number of urea groups is 1. The number of carbonyl (C=O) groups excluding carboxylic acids is 1. The number of hydrogen-bond acceptors (Lipinski definition) is 5. The van der Waals surface area contributed by atoms with Gasteiger partial charge in [0.2, 0.25) is 0 Å². The Labute approximate surface area is 236 Å². The molecular formula is C25H35N6NaO3S. The van der Waals surface area contributed by atoms with Gasteiger partial charge in [0.15, 0.2) is 0 Å². The molecule has 0 spiro atoms. The Hall–Kier alpha value is -1.59. The van der Waals surface area contributed by atoms with Gasteiger partial charge in [-0.25, -0.2) is 13.8 Å². The van der Waals surface area contributed by atoms with Crippen LogP contribution in [0.25, 0.3) is 0 Å². The van der Waals surface area contributed by atoms with Crippen LogP contribution in [0.15, 0.2) is 18.5 Å². The number of fused-ring (bicyclic) bond motifs is 2. The molecule has 0 bridgehead atoms. The molecule has 2 amide bonds. The van der Waals surface area contributed by atoms with Gasteiger partial charge in [-0.2, -0.15) is 13.5 Å². The van der Waals surface area contributed by atoms with E-state index in [-0.39, 0.29) is 37.0 Å². The van der Waals surface area contributed by atoms with Gasteiger partial charge >= 0.3 is 45.8 Å². The predicted octanol–water partition coefficient (Wildman–Crippen LogP) is 0.279. The number of aromatic nitrogens is 2. The first-order valence-electron chi connectivity index (χ1n) is 12.9. The summed E-state index contributed by atoms with van der Waals surface area (Å²) in [4.78, 5) is 15.4. The van der Waals surface area contributed by atoms with E-state index in [1.807, 2.05) is 17.9 Å². The number of piperidine rings is 1. The summed E-state index contributed by atoms with van der Waals surface area (Å²) in [6, 6.07) is 1.74. The minimum atomic E-state index is -4.13. The normalized spacial score (nSPS) is 19.9. The molecule has 0 unspecified atom stereocenters. The van der Waals surface area contributed by atoms with Gasteiger partial charge in [0.1, 0.15) is 0 Å². The maximum absolute atomic E-state index is 13.7. The third kappa shape index (κ3) is 5.07. The number of aryl methyl sites for hydroxylation is 2. The average Bonchev–Trinajstić information content (AvgIpc) is 3.19. The molecule has 2 heterocycles. The zero-order chi connectivity index (χ0) is 24.2. The van der Waals surface area contributed by atoms with E-state index in [4.69, 9.17) is 0 Å². The van der Waals surface area contributed by atoms with Crippen molar-refractivity contribution in [3.63, 3.8) is 0 Å². The van der Waals surface area contributed by atoms with E-state index in [0.717, 1.165) is 70.1 Å². The number of benzene rings is 1. The van der Waals surface area contributed by atoms with Crippen LogP contribution in [0.2, 0.25) is 0 Å². The van der Waals surface area contributed by atoms with Crippen LogP contribution in [0.4, 0.5) is 16.2 Å². The molecule has 2 N–H and O–H groups in total. The van der Waals surface area contributed by atoms with E-state index in [2.05, 4.69) is 26.1 Å². The predicted molar refractivity (Wildman–Crippen MR) is 136 cm³/mol. The SMILES string of the molecule is CN1CCC(N(c2cnn(C3CC3)c2)S(=O)(=O)NC(=O)Nc2c3c(cc4c2CCC4)CCC3)CC1.[H-].[Na+]. The summed E-state index contributed by atoms with van der Waals surface area (Å²) in [5.74, 6) is 0. The van der Waals surface area contributed by atoms with Crippen molar-refractivity contribution in [3.05, 3.63) is 40.7 Å². The summed E-state index contributed by atoms with van der Waals surface area (Å²) in [6.45, 7) is 1.61. The fraction of sp³-hybridized carbons (Fsp3) is 0.600. The van der Waals surface area contributed by atoms with Crippen molar-refractivity contribution >= 4 is 27.6 Å². The van der Waals surface area contributed by atoms with Gasteiger partial charge in [0.25, 0.3) is 0 Å². The van der Waals surface area contributed by atoms with E-state index >= 15 is 0 Å². The number of nitrogens with zero attached hydrogens (tertiary/aromatic N) is 4. The van der Waals surface area contributed by atoms with Crippen molar-refractivity contribution < 1.29 is 44.2 Å². The third-order valence-corrected chi connectivity index (χ3v) is 9.45. The second-order valence-electron chi connectivity index (χ2n) is 10.5. The molecule has 2 aromatic rings. The molecule has 11 heteroatoms.